The number of hydrogen-bond acceptors (Lipinski definition) is 3. The molecule has 0 aliphatic rings. The molecule has 18 heavy (non-hydrogen) atoms. The lowest BCUT2D eigenvalue weighted by Crippen LogP contribution is -2.41. The van der Waals surface area contributed by atoms with Crippen LogP contribution in [0.25, 0.3) is 0 Å². The van der Waals surface area contributed by atoms with Crippen LogP contribution in [0.15, 0.2) is 16.5 Å². The summed E-state index contributed by atoms with van der Waals surface area (Å²) in [7, 11) is 0. The van der Waals surface area contributed by atoms with Crippen LogP contribution in [0.1, 0.15) is 46.1 Å². The molecule has 0 fully saturated rings. The maximum absolute atomic E-state index is 5.66. The minimum Gasteiger partial charge on any atom is -0.465 e. The first kappa shape index (κ1) is 15.3. The summed E-state index contributed by atoms with van der Waals surface area (Å²) in [4.78, 5) is 2.49. The largest absolute Gasteiger partial charge is 0.465 e. The molecule has 1 aromatic heterocycles. The van der Waals surface area contributed by atoms with Crippen molar-refractivity contribution >= 4 is 0 Å². The van der Waals surface area contributed by atoms with Gasteiger partial charge in [-0.3, -0.25) is 4.90 Å². The monoisotopic (exact) mass is 252 g/mol. The SMILES string of the molecule is CCc1ccc(CNCCN(C(C)C)C(C)C)o1. The smallest absolute Gasteiger partial charge is 0.117 e. The normalized spacial score (nSPS) is 12.0. The van der Waals surface area contributed by atoms with Gasteiger partial charge in [0.05, 0.1) is 6.54 Å². The quantitative estimate of drug-likeness (QED) is 0.721. The van der Waals surface area contributed by atoms with Crippen LogP contribution < -0.4 is 5.32 Å². The number of furan rings is 1. The van der Waals surface area contributed by atoms with Crippen LogP contribution >= 0.6 is 0 Å². The fourth-order valence-electron chi connectivity index (χ4n) is 2.24. The van der Waals surface area contributed by atoms with Gasteiger partial charge in [-0.05, 0) is 39.8 Å². The van der Waals surface area contributed by atoms with Crippen molar-refractivity contribution in [2.75, 3.05) is 13.1 Å². The highest BCUT2D eigenvalue weighted by Gasteiger charge is 2.12. The van der Waals surface area contributed by atoms with Gasteiger partial charge in [-0.2, -0.15) is 0 Å². The van der Waals surface area contributed by atoms with E-state index in [0.717, 1.165) is 37.6 Å². The molecule has 0 unspecified atom stereocenters. The predicted octanol–water partition coefficient (Wildman–Crippen LogP) is 3.05. The molecule has 0 amide bonds. The van der Waals surface area contributed by atoms with Gasteiger partial charge >= 0.3 is 0 Å². The van der Waals surface area contributed by atoms with Crippen LogP contribution in [-0.2, 0) is 13.0 Å². The van der Waals surface area contributed by atoms with Gasteiger partial charge in [0.2, 0.25) is 0 Å². The third kappa shape index (κ3) is 4.83. The number of rotatable bonds is 8. The summed E-state index contributed by atoms with van der Waals surface area (Å²) < 4.78 is 5.66. The van der Waals surface area contributed by atoms with E-state index in [9.17, 15) is 0 Å². The van der Waals surface area contributed by atoms with Crippen LogP contribution in [-0.4, -0.2) is 30.1 Å². The van der Waals surface area contributed by atoms with Crippen LogP contribution in [0.3, 0.4) is 0 Å². The van der Waals surface area contributed by atoms with Gasteiger partial charge in [0.1, 0.15) is 11.5 Å². The van der Waals surface area contributed by atoms with E-state index >= 15 is 0 Å². The van der Waals surface area contributed by atoms with Gasteiger partial charge < -0.3 is 9.73 Å². The Morgan fingerprint density at radius 2 is 1.72 bits per heavy atom. The number of nitrogens with zero attached hydrogens (tertiary/aromatic N) is 1. The molecule has 0 aromatic carbocycles. The van der Waals surface area contributed by atoms with Gasteiger partial charge in [0.25, 0.3) is 0 Å². The van der Waals surface area contributed by atoms with Crippen LogP contribution in [0.2, 0.25) is 0 Å². The van der Waals surface area contributed by atoms with Crippen molar-refractivity contribution in [1.82, 2.24) is 10.2 Å². The van der Waals surface area contributed by atoms with Gasteiger partial charge in [-0.15, -0.1) is 0 Å². The van der Waals surface area contributed by atoms with Crippen LogP contribution in [0.4, 0.5) is 0 Å². The predicted molar refractivity (Wildman–Crippen MR) is 76.8 cm³/mol. The zero-order valence-corrected chi connectivity index (χ0v) is 12.5. The maximum Gasteiger partial charge on any atom is 0.117 e. The summed E-state index contributed by atoms with van der Waals surface area (Å²) in [5, 5.41) is 3.44. The molecule has 0 bridgehead atoms. The van der Waals surface area contributed by atoms with E-state index < -0.39 is 0 Å². The molecule has 1 rings (SSSR count). The second-order valence-electron chi connectivity index (χ2n) is 5.32. The second-order valence-corrected chi connectivity index (χ2v) is 5.32. The summed E-state index contributed by atoms with van der Waals surface area (Å²) in [6.45, 7) is 14.0. The molecule has 0 saturated heterocycles. The molecule has 1 heterocycles. The Balaban J connectivity index is 2.25. The lowest BCUT2D eigenvalue weighted by Gasteiger charge is -2.30. The fourth-order valence-corrected chi connectivity index (χ4v) is 2.24. The minimum atomic E-state index is 0.599. The number of aryl methyl sites for hydroxylation is 1. The van der Waals surface area contributed by atoms with Crippen molar-refractivity contribution in [1.29, 1.82) is 0 Å². The standard InChI is InChI=1S/C15H28N2O/c1-6-14-7-8-15(18-14)11-16-9-10-17(12(2)3)13(4)5/h7-8,12-13,16H,6,9-11H2,1-5H3. The highest BCUT2D eigenvalue weighted by Crippen LogP contribution is 2.08. The Bertz CT molecular complexity index is 323. The first-order chi connectivity index (χ1) is 8.54. The fraction of sp³-hybridized carbons (Fsp3) is 0.733. The first-order valence-corrected chi connectivity index (χ1v) is 7.08. The zero-order valence-electron chi connectivity index (χ0n) is 12.5. The van der Waals surface area contributed by atoms with Crippen LogP contribution in [0.5, 0.6) is 0 Å². The third-order valence-electron chi connectivity index (χ3n) is 3.24. The molecule has 0 saturated carbocycles. The molecule has 3 nitrogen and oxygen atoms in total. The highest BCUT2D eigenvalue weighted by atomic mass is 16.3. The summed E-state index contributed by atoms with van der Waals surface area (Å²) in [6, 6.07) is 5.32. The van der Waals surface area contributed by atoms with E-state index in [0.29, 0.717) is 12.1 Å². The van der Waals surface area contributed by atoms with E-state index in [4.69, 9.17) is 4.42 Å². The summed E-state index contributed by atoms with van der Waals surface area (Å²) >= 11 is 0. The topological polar surface area (TPSA) is 28.4 Å². The maximum atomic E-state index is 5.66. The summed E-state index contributed by atoms with van der Waals surface area (Å²) in [5.74, 6) is 2.10. The summed E-state index contributed by atoms with van der Waals surface area (Å²) in [6.07, 6.45) is 0.967. The van der Waals surface area contributed by atoms with Crippen molar-refractivity contribution in [2.45, 2.75) is 59.7 Å². The lowest BCUT2D eigenvalue weighted by atomic mass is 10.2. The van der Waals surface area contributed by atoms with E-state index in [2.05, 4.69) is 57.0 Å². The van der Waals surface area contributed by atoms with Crippen molar-refractivity contribution in [2.24, 2.45) is 0 Å². The van der Waals surface area contributed by atoms with E-state index in [1.54, 1.807) is 0 Å². The Labute approximate surface area is 112 Å². The van der Waals surface area contributed by atoms with Crippen molar-refractivity contribution < 1.29 is 4.42 Å². The van der Waals surface area contributed by atoms with E-state index in [1.165, 1.54) is 0 Å². The zero-order chi connectivity index (χ0) is 13.5. The Kier molecular flexibility index (Phi) is 6.44. The number of nitrogens with one attached hydrogen (secondary N) is 1. The molecule has 104 valence electrons. The van der Waals surface area contributed by atoms with Crippen LogP contribution in [0, 0.1) is 0 Å². The Morgan fingerprint density at radius 3 is 2.22 bits per heavy atom. The second kappa shape index (κ2) is 7.59. The van der Waals surface area contributed by atoms with E-state index in [-0.39, 0.29) is 0 Å². The summed E-state index contributed by atoms with van der Waals surface area (Å²) in [5.41, 5.74) is 0. The molecule has 1 aromatic rings. The molecule has 0 spiro atoms. The molecule has 0 aliphatic carbocycles. The first-order valence-electron chi connectivity index (χ1n) is 7.08. The Morgan fingerprint density at radius 1 is 1.11 bits per heavy atom. The lowest BCUT2D eigenvalue weighted by molar-refractivity contribution is 0.175. The third-order valence-corrected chi connectivity index (χ3v) is 3.24. The molecule has 0 atom stereocenters. The molecule has 0 aliphatic heterocycles. The average molecular weight is 252 g/mol. The highest BCUT2D eigenvalue weighted by molar-refractivity contribution is 5.06. The van der Waals surface area contributed by atoms with Crippen molar-refractivity contribution in [3.05, 3.63) is 23.7 Å². The molecule has 3 heteroatoms. The molecular formula is C15H28N2O. The molecule has 0 radical (unpaired) electrons. The average Bonchev–Trinajstić information content (AvgIpc) is 2.75. The minimum absolute atomic E-state index is 0.599. The number of hydrogen-bond donors (Lipinski definition) is 1. The van der Waals surface area contributed by atoms with Gasteiger partial charge in [-0.1, -0.05) is 6.92 Å². The van der Waals surface area contributed by atoms with Gasteiger partial charge in [-0.25, -0.2) is 0 Å². The van der Waals surface area contributed by atoms with Gasteiger partial charge in [0, 0.05) is 31.6 Å². The Hall–Kier alpha value is -0.800. The van der Waals surface area contributed by atoms with Crippen molar-refractivity contribution in [3.63, 3.8) is 0 Å². The van der Waals surface area contributed by atoms with Crippen molar-refractivity contribution in [3.8, 4) is 0 Å². The van der Waals surface area contributed by atoms with Gasteiger partial charge in [0.15, 0.2) is 0 Å². The molecule has 1 N–H and O–H groups in total. The van der Waals surface area contributed by atoms with E-state index in [1.807, 2.05) is 0 Å². The molecular weight excluding hydrogens is 224 g/mol.